The maximum atomic E-state index is 13.7. The van der Waals surface area contributed by atoms with Crippen molar-refractivity contribution in [1.29, 1.82) is 0 Å². The van der Waals surface area contributed by atoms with E-state index in [1.165, 1.54) is 18.3 Å². The molecule has 0 amide bonds. The highest BCUT2D eigenvalue weighted by Gasteiger charge is 2.07. The number of rotatable bonds is 4. The van der Waals surface area contributed by atoms with Crippen LogP contribution in [-0.4, -0.2) is 11.5 Å². The highest BCUT2D eigenvalue weighted by Crippen LogP contribution is 2.23. The van der Waals surface area contributed by atoms with E-state index in [-0.39, 0.29) is 5.82 Å². The molecule has 0 radical (unpaired) electrons. The van der Waals surface area contributed by atoms with Gasteiger partial charge in [0.1, 0.15) is 11.6 Å². The zero-order valence-electron chi connectivity index (χ0n) is 10.1. The maximum Gasteiger partial charge on any atom is 0.142 e. The minimum Gasteiger partial charge on any atom is -0.313 e. The van der Waals surface area contributed by atoms with E-state index in [0.717, 1.165) is 18.3 Å². The zero-order valence-corrected chi connectivity index (χ0v) is 10.1. The van der Waals surface area contributed by atoms with Gasteiger partial charge in [-0.15, -0.1) is 0 Å². The smallest absolute Gasteiger partial charge is 0.142 e. The van der Waals surface area contributed by atoms with Crippen LogP contribution in [0.3, 0.4) is 0 Å². The van der Waals surface area contributed by atoms with Crippen LogP contribution in [0, 0.1) is 11.6 Å². The Morgan fingerprint density at radius 1 is 1.17 bits per heavy atom. The zero-order chi connectivity index (χ0) is 13.0. The fourth-order valence-electron chi connectivity index (χ4n) is 1.73. The molecule has 0 aliphatic heterocycles. The molecule has 0 fully saturated rings. The third-order valence-corrected chi connectivity index (χ3v) is 2.63. The van der Waals surface area contributed by atoms with Crippen LogP contribution in [0.2, 0.25) is 0 Å². The molecule has 0 unspecified atom stereocenters. The molecule has 2 aromatic rings. The van der Waals surface area contributed by atoms with Gasteiger partial charge >= 0.3 is 0 Å². The maximum absolute atomic E-state index is 13.7. The van der Waals surface area contributed by atoms with Gasteiger partial charge in [0, 0.05) is 23.9 Å². The molecule has 1 N–H and O–H groups in total. The van der Waals surface area contributed by atoms with E-state index in [0.29, 0.717) is 17.7 Å². The van der Waals surface area contributed by atoms with Crippen LogP contribution in [0.4, 0.5) is 8.78 Å². The van der Waals surface area contributed by atoms with Gasteiger partial charge in [0.2, 0.25) is 0 Å². The Bertz CT molecular complexity index is 541. The summed E-state index contributed by atoms with van der Waals surface area (Å²) in [5, 5.41) is 3.16. The van der Waals surface area contributed by atoms with Gasteiger partial charge in [-0.1, -0.05) is 13.0 Å². The predicted molar refractivity (Wildman–Crippen MR) is 67.0 cm³/mol. The predicted octanol–water partition coefficient (Wildman–Crippen LogP) is 3.14. The van der Waals surface area contributed by atoms with E-state index in [9.17, 15) is 8.78 Å². The largest absolute Gasteiger partial charge is 0.313 e. The Labute approximate surface area is 105 Å². The highest BCUT2D eigenvalue weighted by molar-refractivity contribution is 5.64. The molecule has 0 saturated carbocycles. The van der Waals surface area contributed by atoms with Crippen molar-refractivity contribution in [3.8, 4) is 11.1 Å². The third-order valence-electron chi connectivity index (χ3n) is 2.63. The van der Waals surface area contributed by atoms with Crippen molar-refractivity contribution in [2.45, 2.75) is 13.5 Å². The number of benzene rings is 1. The number of pyridine rings is 1. The summed E-state index contributed by atoms with van der Waals surface area (Å²) < 4.78 is 26.8. The summed E-state index contributed by atoms with van der Waals surface area (Å²) >= 11 is 0. The first-order valence-corrected chi connectivity index (χ1v) is 5.80. The normalized spacial score (nSPS) is 10.6. The second-order valence-corrected chi connectivity index (χ2v) is 3.99. The van der Waals surface area contributed by atoms with Crippen molar-refractivity contribution >= 4 is 0 Å². The Hall–Kier alpha value is -1.81. The van der Waals surface area contributed by atoms with Crippen LogP contribution < -0.4 is 5.32 Å². The van der Waals surface area contributed by atoms with Gasteiger partial charge in [0.25, 0.3) is 0 Å². The molecule has 2 rings (SSSR count). The molecular formula is C14H14F2N2. The Morgan fingerprint density at radius 2 is 2.00 bits per heavy atom. The molecule has 0 bridgehead atoms. The van der Waals surface area contributed by atoms with Crippen molar-refractivity contribution in [2.75, 3.05) is 6.54 Å². The fraction of sp³-hybridized carbons (Fsp3) is 0.214. The van der Waals surface area contributed by atoms with Crippen molar-refractivity contribution in [2.24, 2.45) is 0 Å². The van der Waals surface area contributed by atoms with E-state index in [2.05, 4.69) is 10.3 Å². The van der Waals surface area contributed by atoms with Gasteiger partial charge < -0.3 is 5.32 Å². The number of halogens is 2. The van der Waals surface area contributed by atoms with Crippen molar-refractivity contribution in [1.82, 2.24) is 10.3 Å². The highest BCUT2D eigenvalue weighted by atomic mass is 19.1. The first-order valence-electron chi connectivity index (χ1n) is 5.80. The lowest BCUT2D eigenvalue weighted by Gasteiger charge is -2.07. The van der Waals surface area contributed by atoms with Crippen molar-refractivity contribution in [3.63, 3.8) is 0 Å². The first kappa shape index (κ1) is 12.6. The summed E-state index contributed by atoms with van der Waals surface area (Å²) in [6.07, 6.45) is 2.56. The number of hydrogen-bond donors (Lipinski definition) is 1. The second-order valence-electron chi connectivity index (χ2n) is 3.99. The average Bonchev–Trinajstić information content (AvgIpc) is 2.38. The SMILES string of the molecule is CCNCc1ccc(F)c(-c2cncc(F)c2)c1. The first-order chi connectivity index (χ1) is 8.70. The molecule has 0 aliphatic rings. The molecular weight excluding hydrogens is 234 g/mol. The average molecular weight is 248 g/mol. The lowest BCUT2D eigenvalue weighted by molar-refractivity contribution is 0.619. The van der Waals surface area contributed by atoms with Crippen molar-refractivity contribution < 1.29 is 8.78 Å². The van der Waals surface area contributed by atoms with Crippen LogP contribution in [0.15, 0.2) is 36.7 Å². The summed E-state index contributed by atoms with van der Waals surface area (Å²) in [5.74, 6) is -0.841. The van der Waals surface area contributed by atoms with Crippen LogP contribution in [-0.2, 0) is 6.54 Å². The number of nitrogens with one attached hydrogen (secondary N) is 1. The van der Waals surface area contributed by atoms with Crippen LogP contribution in [0.25, 0.3) is 11.1 Å². The van der Waals surface area contributed by atoms with Gasteiger partial charge in [-0.2, -0.15) is 0 Å². The molecule has 1 heterocycles. The van der Waals surface area contributed by atoms with E-state index < -0.39 is 5.82 Å². The molecule has 0 aliphatic carbocycles. The Morgan fingerprint density at radius 3 is 2.72 bits per heavy atom. The number of hydrogen-bond acceptors (Lipinski definition) is 2. The molecule has 94 valence electrons. The van der Waals surface area contributed by atoms with Gasteiger partial charge in [0.15, 0.2) is 0 Å². The van der Waals surface area contributed by atoms with Gasteiger partial charge in [-0.25, -0.2) is 8.78 Å². The van der Waals surface area contributed by atoms with E-state index in [1.54, 1.807) is 12.1 Å². The van der Waals surface area contributed by atoms with Gasteiger partial charge in [-0.05, 0) is 30.3 Å². The molecule has 1 aromatic carbocycles. The molecule has 4 heteroatoms. The number of aromatic nitrogens is 1. The third kappa shape index (κ3) is 2.90. The molecule has 2 nitrogen and oxygen atoms in total. The van der Waals surface area contributed by atoms with Gasteiger partial charge in [0.05, 0.1) is 6.20 Å². The summed E-state index contributed by atoms with van der Waals surface area (Å²) in [5.41, 5.74) is 1.78. The summed E-state index contributed by atoms with van der Waals surface area (Å²) in [7, 11) is 0. The van der Waals surface area contributed by atoms with Crippen LogP contribution in [0.5, 0.6) is 0 Å². The van der Waals surface area contributed by atoms with E-state index >= 15 is 0 Å². The Kier molecular flexibility index (Phi) is 3.99. The molecule has 0 saturated heterocycles. The standard InChI is InChI=1S/C14H14F2N2/c1-2-17-7-10-3-4-14(16)13(5-10)11-6-12(15)9-18-8-11/h3-6,8-9,17H,2,7H2,1H3. The van der Waals surface area contributed by atoms with Crippen molar-refractivity contribution in [3.05, 3.63) is 53.9 Å². The van der Waals surface area contributed by atoms with Gasteiger partial charge in [-0.3, -0.25) is 4.98 Å². The fourth-order valence-corrected chi connectivity index (χ4v) is 1.73. The quantitative estimate of drug-likeness (QED) is 0.899. The minimum atomic E-state index is -0.469. The summed E-state index contributed by atoms with van der Waals surface area (Å²) in [4.78, 5) is 3.74. The second kappa shape index (κ2) is 5.69. The Balaban J connectivity index is 2.37. The molecule has 18 heavy (non-hydrogen) atoms. The molecule has 1 aromatic heterocycles. The minimum absolute atomic E-state index is 0.373. The lowest BCUT2D eigenvalue weighted by Crippen LogP contribution is -2.11. The van der Waals surface area contributed by atoms with E-state index in [4.69, 9.17) is 0 Å². The van der Waals surface area contributed by atoms with Crippen LogP contribution >= 0.6 is 0 Å². The monoisotopic (exact) mass is 248 g/mol. The topological polar surface area (TPSA) is 24.9 Å². The van der Waals surface area contributed by atoms with Crippen LogP contribution in [0.1, 0.15) is 12.5 Å². The molecule has 0 atom stereocenters. The molecule has 0 spiro atoms. The number of nitrogens with zero attached hydrogens (tertiary/aromatic N) is 1. The van der Waals surface area contributed by atoms with E-state index in [1.807, 2.05) is 6.92 Å². The summed E-state index contributed by atoms with van der Waals surface area (Å²) in [6, 6.07) is 6.11. The lowest BCUT2D eigenvalue weighted by atomic mass is 10.0. The summed E-state index contributed by atoms with van der Waals surface area (Å²) in [6.45, 7) is 3.50.